The number of rotatable bonds is 6. The number of hydrogen-bond acceptors (Lipinski definition) is 3. The Labute approximate surface area is 190 Å². The number of pyridine rings is 1. The molecule has 1 aromatic heterocycles. The lowest BCUT2D eigenvalue weighted by Gasteiger charge is -2.20. The molecular weight excluding hydrogens is 427 g/mol. The van der Waals surface area contributed by atoms with Crippen molar-refractivity contribution < 1.29 is 13.9 Å². The maximum atomic E-state index is 13.7. The number of aromatic nitrogens is 1. The minimum atomic E-state index is -0.304. The molecule has 1 amide bonds. The summed E-state index contributed by atoms with van der Waals surface area (Å²) in [5.74, 6) is 1.62. The van der Waals surface area contributed by atoms with Gasteiger partial charge in [-0.2, -0.15) is 0 Å². The summed E-state index contributed by atoms with van der Waals surface area (Å²) >= 11 is 5.95. The Kier molecular flexibility index (Phi) is 4.68. The minimum Gasteiger partial charge on any atom is -0.486 e. The molecule has 1 N–H and O–H groups in total. The van der Waals surface area contributed by atoms with E-state index in [0.717, 1.165) is 24.9 Å². The fraction of sp³-hybridized carbons (Fsp3) is 0.308. The molecule has 162 valence electrons. The molecule has 0 radical (unpaired) electrons. The van der Waals surface area contributed by atoms with Crippen molar-refractivity contribution in [3.8, 4) is 5.75 Å². The standard InChI is InChI=1S/C26H22ClFN2O2/c27-15-3-6-17(7-4-15)30-26(31)24(14-1-2-14)25-19-12-18(13-20(19)25)32-23-9-10-29-22-8-5-16(28)11-21(22)23/h3-12,14,18,20,24-25H,1-2,13H2,(H,30,31)/t18-,20+,24?,25+/m0/s1. The van der Waals surface area contributed by atoms with Gasteiger partial charge in [0.1, 0.15) is 17.7 Å². The average Bonchev–Trinajstić information content (AvgIpc) is 3.69. The Bertz CT molecular complexity index is 1240. The molecule has 0 bridgehead atoms. The second-order valence-electron chi connectivity index (χ2n) is 9.02. The molecule has 4 nitrogen and oxygen atoms in total. The van der Waals surface area contributed by atoms with Crippen LogP contribution in [0.25, 0.3) is 10.9 Å². The summed E-state index contributed by atoms with van der Waals surface area (Å²) in [6.07, 6.45) is 6.89. The molecule has 3 aromatic rings. The normalized spacial score (nSPS) is 24.6. The van der Waals surface area contributed by atoms with Crippen molar-refractivity contribution in [3.05, 3.63) is 77.2 Å². The first-order valence-electron chi connectivity index (χ1n) is 11.1. The summed E-state index contributed by atoms with van der Waals surface area (Å²) in [7, 11) is 0. The molecule has 1 unspecified atom stereocenters. The van der Waals surface area contributed by atoms with Crippen molar-refractivity contribution in [1.29, 1.82) is 0 Å². The zero-order chi connectivity index (χ0) is 21.8. The molecule has 2 aromatic carbocycles. The molecule has 6 heteroatoms. The highest BCUT2D eigenvalue weighted by molar-refractivity contribution is 6.30. The van der Waals surface area contributed by atoms with Gasteiger partial charge in [0, 0.05) is 28.2 Å². The van der Waals surface area contributed by atoms with Gasteiger partial charge in [0.25, 0.3) is 0 Å². The molecule has 0 aliphatic heterocycles. The molecule has 3 aliphatic rings. The van der Waals surface area contributed by atoms with Crippen LogP contribution < -0.4 is 10.1 Å². The summed E-state index contributed by atoms with van der Waals surface area (Å²) in [5, 5.41) is 4.41. The first-order chi connectivity index (χ1) is 15.6. The van der Waals surface area contributed by atoms with Crippen LogP contribution in [0.15, 0.2) is 66.4 Å². The van der Waals surface area contributed by atoms with Gasteiger partial charge < -0.3 is 10.1 Å². The predicted molar refractivity (Wildman–Crippen MR) is 122 cm³/mol. The topological polar surface area (TPSA) is 51.2 Å². The van der Waals surface area contributed by atoms with Gasteiger partial charge in [-0.25, -0.2) is 4.39 Å². The molecule has 0 saturated heterocycles. The van der Waals surface area contributed by atoms with Gasteiger partial charge in [-0.05, 0) is 91.6 Å². The van der Waals surface area contributed by atoms with Gasteiger partial charge in [-0.15, -0.1) is 0 Å². The van der Waals surface area contributed by atoms with Crippen LogP contribution in [0.3, 0.4) is 0 Å². The van der Waals surface area contributed by atoms with Gasteiger partial charge in [0.05, 0.1) is 5.52 Å². The Morgan fingerprint density at radius 2 is 1.97 bits per heavy atom. The number of halogens is 2. The molecule has 1 heterocycles. The molecule has 6 rings (SSSR count). The molecule has 3 aliphatic carbocycles. The van der Waals surface area contributed by atoms with Crippen molar-refractivity contribution in [1.82, 2.24) is 4.98 Å². The second-order valence-corrected chi connectivity index (χ2v) is 9.46. The van der Waals surface area contributed by atoms with Gasteiger partial charge in [-0.1, -0.05) is 17.2 Å². The summed E-state index contributed by atoms with van der Waals surface area (Å²) < 4.78 is 20.0. The number of benzene rings is 2. The van der Waals surface area contributed by atoms with E-state index in [-0.39, 0.29) is 23.7 Å². The van der Waals surface area contributed by atoms with Gasteiger partial charge in [-0.3, -0.25) is 9.78 Å². The number of ether oxygens (including phenoxy) is 1. The van der Waals surface area contributed by atoms with Crippen LogP contribution in [0.4, 0.5) is 10.1 Å². The van der Waals surface area contributed by atoms with E-state index in [4.69, 9.17) is 16.3 Å². The lowest BCUT2D eigenvalue weighted by Crippen LogP contribution is -2.28. The zero-order valence-electron chi connectivity index (χ0n) is 17.3. The Balaban J connectivity index is 1.17. The SMILES string of the molecule is O=C(Nc1ccc(Cl)cc1)C(C1CC1)[C@@H]1C2=C[C@H](Oc3ccnc4ccc(F)cc34)C[C@H]21. The largest absolute Gasteiger partial charge is 0.486 e. The molecule has 0 spiro atoms. The lowest BCUT2D eigenvalue weighted by atomic mass is 9.92. The number of nitrogens with one attached hydrogen (secondary N) is 1. The highest BCUT2D eigenvalue weighted by atomic mass is 35.5. The van der Waals surface area contributed by atoms with Gasteiger partial charge in [0.2, 0.25) is 5.91 Å². The summed E-state index contributed by atoms with van der Waals surface area (Å²) in [6.45, 7) is 0. The third kappa shape index (κ3) is 3.65. The number of allylic oxidation sites excluding steroid dienone is 1. The van der Waals surface area contributed by atoms with Crippen LogP contribution >= 0.6 is 11.6 Å². The van der Waals surface area contributed by atoms with E-state index < -0.39 is 0 Å². The summed E-state index contributed by atoms with van der Waals surface area (Å²) in [6, 6.07) is 13.6. The number of carbonyl (C=O) groups excluding carboxylic acids is 1. The van der Waals surface area contributed by atoms with E-state index in [9.17, 15) is 9.18 Å². The minimum absolute atomic E-state index is 0.0127. The smallest absolute Gasteiger partial charge is 0.228 e. The molecular formula is C26H22ClFN2O2. The van der Waals surface area contributed by atoms with E-state index in [1.807, 2.05) is 12.1 Å². The van der Waals surface area contributed by atoms with Gasteiger partial charge >= 0.3 is 0 Å². The Hall–Kier alpha value is -2.92. The van der Waals surface area contributed by atoms with Crippen molar-refractivity contribution in [2.45, 2.75) is 25.4 Å². The van der Waals surface area contributed by atoms with E-state index in [1.54, 1.807) is 30.5 Å². The molecule has 4 atom stereocenters. The van der Waals surface area contributed by atoms with Crippen LogP contribution in [-0.4, -0.2) is 17.0 Å². The summed E-state index contributed by atoms with van der Waals surface area (Å²) in [5.41, 5.74) is 2.83. The maximum absolute atomic E-state index is 13.7. The molecule has 2 saturated carbocycles. The van der Waals surface area contributed by atoms with Crippen molar-refractivity contribution >= 4 is 34.1 Å². The highest BCUT2D eigenvalue weighted by Gasteiger charge is 2.58. The fourth-order valence-electron chi connectivity index (χ4n) is 5.20. The van der Waals surface area contributed by atoms with Crippen molar-refractivity contribution in [2.75, 3.05) is 5.32 Å². The van der Waals surface area contributed by atoms with Crippen LogP contribution in [0, 0.1) is 29.5 Å². The maximum Gasteiger partial charge on any atom is 0.228 e. The Morgan fingerprint density at radius 1 is 1.16 bits per heavy atom. The highest BCUT2D eigenvalue weighted by Crippen LogP contribution is 2.62. The van der Waals surface area contributed by atoms with Crippen molar-refractivity contribution in [2.24, 2.45) is 23.7 Å². The van der Waals surface area contributed by atoms with Gasteiger partial charge in [0.15, 0.2) is 0 Å². The third-order valence-corrected chi connectivity index (χ3v) is 7.13. The first-order valence-corrected chi connectivity index (χ1v) is 11.4. The average molecular weight is 449 g/mol. The first kappa shape index (κ1) is 19.7. The number of anilines is 1. The number of fused-ring (bicyclic) bond motifs is 2. The lowest BCUT2D eigenvalue weighted by molar-refractivity contribution is -0.121. The summed E-state index contributed by atoms with van der Waals surface area (Å²) in [4.78, 5) is 17.4. The number of amides is 1. The third-order valence-electron chi connectivity index (χ3n) is 6.88. The fourth-order valence-corrected chi connectivity index (χ4v) is 5.32. The van der Waals surface area contributed by atoms with Crippen LogP contribution in [0.1, 0.15) is 19.3 Å². The second kappa shape index (κ2) is 7.59. The Morgan fingerprint density at radius 3 is 2.69 bits per heavy atom. The number of hydrogen-bond donors (Lipinski definition) is 1. The van der Waals surface area contributed by atoms with E-state index >= 15 is 0 Å². The van der Waals surface area contributed by atoms with Crippen molar-refractivity contribution in [3.63, 3.8) is 0 Å². The quantitative estimate of drug-likeness (QED) is 0.469. The number of nitrogens with zero attached hydrogens (tertiary/aromatic N) is 1. The predicted octanol–water partition coefficient (Wildman–Crippen LogP) is 6.02. The zero-order valence-corrected chi connectivity index (χ0v) is 18.1. The van der Waals surface area contributed by atoms with Crippen LogP contribution in [-0.2, 0) is 4.79 Å². The van der Waals surface area contributed by atoms with E-state index in [1.165, 1.54) is 17.7 Å². The van der Waals surface area contributed by atoms with Crippen LogP contribution in [0.5, 0.6) is 5.75 Å². The monoisotopic (exact) mass is 448 g/mol. The molecule has 32 heavy (non-hydrogen) atoms. The van der Waals surface area contributed by atoms with Crippen LogP contribution in [0.2, 0.25) is 5.02 Å². The number of carbonyl (C=O) groups is 1. The molecule has 2 fully saturated rings. The van der Waals surface area contributed by atoms with E-state index in [0.29, 0.717) is 39.4 Å². The van der Waals surface area contributed by atoms with E-state index in [2.05, 4.69) is 16.4 Å².